The third-order valence-corrected chi connectivity index (χ3v) is 2.16. The molecule has 0 aromatic heterocycles. The van der Waals surface area contributed by atoms with Crippen molar-refractivity contribution in [1.29, 1.82) is 0 Å². The van der Waals surface area contributed by atoms with Crippen LogP contribution in [0.4, 0.5) is 0 Å². The number of esters is 1. The Kier molecular flexibility index (Phi) is 1.46. The highest BCUT2D eigenvalue weighted by Crippen LogP contribution is 2.37. The van der Waals surface area contributed by atoms with Crippen LogP contribution in [0, 0.1) is 5.92 Å². The number of epoxide rings is 1. The minimum absolute atomic E-state index is 0.104. The number of carbonyl (C=O) groups excluding carboxylic acids is 1. The Labute approximate surface area is 65.0 Å². The smallest absolute Gasteiger partial charge is 0.315 e. The summed E-state index contributed by atoms with van der Waals surface area (Å²) in [5.74, 6) is -0.341. The van der Waals surface area contributed by atoms with Crippen LogP contribution in [0.25, 0.3) is 0 Å². The Morgan fingerprint density at radius 2 is 2.55 bits per heavy atom. The Morgan fingerprint density at radius 1 is 1.73 bits per heavy atom. The van der Waals surface area contributed by atoms with E-state index in [-0.39, 0.29) is 24.1 Å². The van der Waals surface area contributed by atoms with Gasteiger partial charge in [0.25, 0.3) is 0 Å². The summed E-state index contributed by atoms with van der Waals surface area (Å²) < 4.78 is 9.87. The molecule has 0 N–H and O–H groups in total. The van der Waals surface area contributed by atoms with Gasteiger partial charge in [0.1, 0.15) is 12.0 Å². The highest BCUT2D eigenvalue weighted by atomic mass is 16.6. The summed E-state index contributed by atoms with van der Waals surface area (Å²) in [7, 11) is 1.40. The van der Waals surface area contributed by atoms with Crippen LogP contribution in [0.1, 0.15) is 6.42 Å². The number of ether oxygens (including phenoxy) is 2. The van der Waals surface area contributed by atoms with E-state index in [1.807, 2.05) is 12.2 Å². The van der Waals surface area contributed by atoms with E-state index in [0.717, 1.165) is 6.42 Å². The fourth-order valence-electron chi connectivity index (χ4n) is 1.48. The summed E-state index contributed by atoms with van der Waals surface area (Å²) in [6.07, 6.45) is 5.19. The zero-order valence-electron chi connectivity index (χ0n) is 6.32. The molecule has 0 radical (unpaired) electrons. The molecule has 0 spiro atoms. The van der Waals surface area contributed by atoms with Crippen molar-refractivity contribution < 1.29 is 14.3 Å². The minimum atomic E-state index is -0.187. The van der Waals surface area contributed by atoms with Gasteiger partial charge in [-0.25, -0.2) is 0 Å². The lowest BCUT2D eigenvalue weighted by molar-refractivity contribution is -0.144. The molecule has 2 aliphatic rings. The van der Waals surface area contributed by atoms with E-state index in [0.29, 0.717) is 0 Å². The first kappa shape index (κ1) is 6.85. The summed E-state index contributed by atoms with van der Waals surface area (Å²) >= 11 is 0. The van der Waals surface area contributed by atoms with Gasteiger partial charge in [-0.1, -0.05) is 12.2 Å². The minimum Gasteiger partial charge on any atom is -0.468 e. The van der Waals surface area contributed by atoms with E-state index < -0.39 is 0 Å². The van der Waals surface area contributed by atoms with Gasteiger partial charge in [-0.2, -0.15) is 0 Å². The molecule has 1 fully saturated rings. The van der Waals surface area contributed by atoms with Gasteiger partial charge in [-0.05, 0) is 6.42 Å². The largest absolute Gasteiger partial charge is 0.468 e. The van der Waals surface area contributed by atoms with Crippen LogP contribution in [-0.2, 0) is 14.3 Å². The van der Waals surface area contributed by atoms with E-state index in [1.54, 1.807) is 0 Å². The number of hydrogen-bond acceptors (Lipinski definition) is 3. The maximum Gasteiger partial charge on any atom is 0.315 e. The predicted molar refractivity (Wildman–Crippen MR) is 37.9 cm³/mol. The molecule has 2 rings (SSSR count). The molecule has 3 nitrogen and oxygen atoms in total. The molecule has 0 unspecified atom stereocenters. The number of fused-ring (bicyclic) bond motifs is 1. The Morgan fingerprint density at radius 3 is 3.27 bits per heavy atom. The van der Waals surface area contributed by atoms with Crippen molar-refractivity contribution in [3.05, 3.63) is 12.2 Å². The maximum absolute atomic E-state index is 11.1. The highest BCUT2D eigenvalue weighted by molar-refractivity contribution is 5.76. The standard InChI is InChI=1S/C8H10O3/c1-10-8(9)5-3-2-4-6-7(5)11-6/h2-3,5-7H,4H2,1H3/t5-,6-,7-/m1/s1. The van der Waals surface area contributed by atoms with Crippen LogP contribution < -0.4 is 0 Å². The SMILES string of the molecule is COC(=O)[C@@H]1C=CC[C@H]2O[C@@H]21. The molecular formula is C8H10O3. The monoisotopic (exact) mass is 154 g/mol. The van der Waals surface area contributed by atoms with Crippen molar-refractivity contribution in [3.8, 4) is 0 Å². The van der Waals surface area contributed by atoms with E-state index in [9.17, 15) is 4.79 Å². The predicted octanol–water partition coefficient (Wildman–Crippen LogP) is 0.503. The van der Waals surface area contributed by atoms with Crippen LogP contribution in [0.2, 0.25) is 0 Å². The van der Waals surface area contributed by atoms with E-state index in [2.05, 4.69) is 4.74 Å². The van der Waals surface area contributed by atoms with Crippen molar-refractivity contribution in [2.45, 2.75) is 18.6 Å². The average molecular weight is 154 g/mol. The zero-order valence-corrected chi connectivity index (χ0v) is 6.32. The van der Waals surface area contributed by atoms with Crippen molar-refractivity contribution in [3.63, 3.8) is 0 Å². The summed E-state index contributed by atoms with van der Waals surface area (Å²) in [5, 5.41) is 0. The molecule has 3 atom stereocenters. The van der Waals surface area contributed by atoms with Gasteiger partial charge in [-0.3, -0.25) is 4.79 Å². The van der Waals surface area contributed by atoms with Crippen LogP contribution >= 0.6 is 0 Å². The summed E-state index contributed by atoms with van der Waals surface area (Å²) in [5.41, 5.74) is 0. The van der Waals surface area contributed by atoms with Crippen molar-refractivity contribution in [1.82, 2.24) is 0 Å². The van der Waals surface area contributed by atoms with Gasteiger partial charge in [0.15, 0.2) is 0 Å². The molecule has 60 valence electrons. The fourth-order valence-corrected chi connectivity index (χ4v) is 1.48. The van der Waals surface area contributed by atoms with Gasteiger partial charge < -0.3 is 9.47 Å². The van der Waals surface area contributed by atoms with Crippen molar-refractivity contribution >= 4 is 5.97 Å². The molecule has 0 aromatic carbocycles. The van der Waals surface area contributed by atoms with Crippen LogP contribution in [-0.4, -0.2) is 25.3 Å². The molecule has 1 heterocycles. The molecule has 0 aromatic rings. The lowest BCUT2D eigenvalue weighted by Crippen LogP contribution is -2.22. The van der Waals surface area contributed by atoms with Crippen molar-refractivity contribution in [2.24, 2.45) is 5.92 Å². The lowest BCUT2D eigenvalue weighted by Gasteiger charge is -2.09. The number of rotatable bonds is 1. The molecule has 0 saturated carbocycles. The molecule has 1 aliphatic carbocycles. The third kappa shape index (κ3) is 1.05. The second-order valence-electron chi connectivity index (χ2n) is 2.85. The lowest BCUT2D eigenvalue weighted by atomic mass is 9.96. The molecular weight excluding hydrogens is 144 g/mol. The quantitative estimate of drug-likeness (QED) is 0.313. The van der Waals surface area contributed by atoms with Gasteiger partial charge >= 0.3 is 5.97 Å². The Balaban J connectivity index is 2.07. The molecule has 1 aliphatic heterocycles. The summed E-state index contributed by atoms with van der Waals surface area (Å²) in [6, 6.07) is 0. The summed E-state index contributed by atoms with van der Waals surface area (Å²) in [6.45, 7) is 0. The van der Waals surface area contributed by atoms with Crippen LogP contribution in [0.3, 0.4) is 0 Å². The average Bonchev–Trinajstić information content (AvgIpc) is 2.80. The number of methoxy groups -OCH3 is 1. The van der Waals surface area contributed by atoms with E-state index >= 15 is 0 Å². The third-order valence-electron chi connectivity index (χ3n) is 2.16. The normalized spacial score (nSPS) is 39.5. The molecule has 0 bridgehead atoms. The molecule has 1 saturated heterocycles. The number of carbonyl (C=O) groups is 1. The van der Waals surface area contributed by atoms with E-state index in [1.165, 1.54) is 7.11 Å². The topological polar surface area (TPSA) is 38.8 Å². The summed E-state index contributed by atoms with van der Waals surface area (Å²) in [4.78, 5) is 11.1. The maximum atomic E-state index is 11.1. The second-order valence-corrected chi connectivity index (χ2v) is 2.85. The van der Waals surface area contributed by atoms with Gasteiger partial charge in [0, 0.05) is 0 Å². The van der Waals surface area contributed by atoms with Crippen molar-refractivity contribution in [2.75, 3.05) is 7.11 Å². The van der Waals surface area contributed by atoms with Gasteiger partial charge in [0.2, 0.25) is 0 Å². The fraction of sp³-hybridized carbons (Fsp3) is 0.625. The van der Waals surface area contributed by atoms with Crippen LogP contribution in [0.5, 0.6) is 0 Å². The van der Waals surface area contributed by atoms with Gasteiger partial charge in [0.05, 0.1) is 13.2 Å². The highest BCUT2D eigenvalue weighted by Gasteiger charge is 2.48. The second kappa shape index (κ2) is 2.34. The Hall–Kier alpha value is -0.830. The molecule has 11 heavy (non-hydrogen) atoms. The number of hydrogen-bond donors (Lipinski definition) is 0. The Bertz CT molecular complexity index is 209. The first-order valence-electron chi connectivity index (χ1n) is 3.73. The van der Waals surface area contributed by atoms with E-state index in [4.69, 9.17) is 4.74 Å². The first-order valence-corrected chi connectivity index (χ1v) is 3.73. The zero-order chi connectivity index (χ0) is 7.84. The molecule has 3 heteroatoms. The van der Waals surface area contributed by atoms with Gasteiger partial charge in [-0.15, -0.1) is 0 Å². The first-order chi connectivity index (χ1) is 5.33. The van der Waals surface area contributed by atoms with Crippen LogP contribution in [0.15, 0.2) is 12.2 Å². The molecule has 0 amide bonds.